The normalized spacial score (nSPS) is 10.7. The molecular weight excluding hydrogens is 308 g/mol. The molecule has 0 aliphatic rings. The summed E-state index contributed by atoms with van der Waals surface area (Å²) in [5, 5.41) is 2.01. The number of hydrogen-bond donors (Lipinski definition) is 0. The van der Waals surface area contributed by atoms with Gasteiger partial charge in [-0.25, -0.2) is 0 Å². The van der Waals surface area contributed by atoms with Gasteiger partial charge in [0.05, 0.1) is 7.11 Å². The van der Waals surface area contributed by atoms with Gasteiger partial charge in [-0.2, -0.15) is 0 Å². The molecule has 0 radical (unpaired) electrons. The SMILES string of the molecule is CCC(=O)OC(Cc1ccc2c(OC)cccc2c1)OC(=O)CC. The van der Waals surface area contributed by atoms with Crippen LogP contribution in [0.25, 0.3) is 10.8 Å². The van der Waals surface area contributed by atoms with E-state index in [1.165, 1.54) is 0 Å². The summed E-state index contributed by atoms with van der Waals surface area (Å²) in [6, 6.07) is 11.6. The van der Waals surface area contributed by atoms with Crippen molar-refractivity contribution >= 4 is 22.7 Å². The van der Waals surface area contributed by atoms with Crippen molar-refractivity contribution in [3.05, 3.63) is 42.0 Å². The molecule has 0 saturated heterocycles. The van der Waals surface area contributed by atoms with E-state index < -0.39 is 18.2 Å². The van der Waals surface area contributed by atoms with E-state index in [1.54, 1.807) is 21.0 Å². The van der Waals surface area contributed by atoms with Gasteiger partial charge in [0.25, 0.3) is 6.29 Å². The van der Waals surface area contributed by atoms with E-state index in [1.807, 2.05) is 36.4 Å². The highest BCUT2D eigenvalue weighted by atomic mass is 16.7. The van der Waals surface area contributed by atoms with Crippen molar-refractivity contribution in [2.45, 2.75) is 39.4 Å². The highest BCUT2D eigenvalue weighted by molar-refractivity contribution is 5.88. The van der Waals surface area contributed by atoms with E-state index in [2.05, 4.69) is 0 Å². The van der Waals surface area contributed by atoms with Gasteiger partial charge in [0.2, 0.25) is 0 Å². The van der Waals surface area contributed by atoms with Gasteiger partial charge in [-0.05, 0) is 17.0 Å². The average molecular weight is 330 g/mol. The fourth-order valence-corrected chi connectivity index (χ4v) is 2.37. The van der Waals surface area contributed by atoms with Crippen LogP contribution in [0.1, 0.15) is 32.3 Å². The Labute approximate surface area is 141 Å². The van der Waals surface area contributed by atoms with Crippen LogP contribution in [0.2, 0.25) is 0 Å². The van der Waals surface area contributed by atoms with Gasteiger partial charge in [0.15, 0.2) is 0 Å². The molecule has 2 rings (SSSR count). The second-order valence-corrected chi connectivity index (χ2v) is 5.34. The third kappa shape index (κ3) is 4.47. The Hall–Kier alpha value is -2.56. The van der Waals surface area contributed by atoms with Crippen molar-refractivity contribution in [3.8, 4) is 5.75 Å². The molecule has 0 fully saturated rings. The first-order chi connectivity index (χ1) is 11.6. The lowest BCUT2D eigenvalue weighted by atomic mass is 10.0. The molecular formula is C19H22O5. The zero-order valence-electron chi connectivity index (χ0n) is 14.2. The highest BCUT2D eigenvalue weighted by Crippen LogP contribution is 2.26. The molecule has 2 aromatic carbocycles. The summed E-state index contributed by atoms with van der Waals surface area (Å²) < 4.78 is 15.8. The molecule has 5 nitrogen and oxygen atoms in total. The first-order valence-corrected chi connectivity index (χ1v) is 8.02. The number of carbonyl (C=O) groups is 2. The quantitative estimate of drug-likeness (QED) is 0.573. The summed E-state index contributed by atoms with van der Waals surface area (Å²) in [5.41, 5.74) is 0.911. The standard InChI is InChI=1S/C19H22O5/c1-4-17(20)23-19(24-18(21)5-2)12-13-9-10-15-14(11-13)7-6-8-16(15)22-3/h6-11,19H,4-5,12H2,1-3H3. The molecule has 0 atom stereocenters. The minimum Gasteiger partial charge on any atom is -0.496 e. The highest BCUT2D eigenvalue weighted by Gasteiger charge is 2.18. The van der Waals surface area contributed by atoms with Crippen LogP contribution in [0.15, 0.2) is 36.4 Å². The van der Waals surface area contributed by atoms with E-state index in [0.717, 1.165) is 22.1 Å². The van der Waals surface area contributed by atoms with Gasteiger partial charge in [-0.15, -0.1) is 0 Å². The maximum Gasteiger partial charge on any atom is 0.308 e. The molecule has 24 heavy (non-hydrogen) atoms. The van der Waals surface area contributed by atoms with Crippen molar-refractivity contribution in [3.63, 3.8) is 0 Å². The summed E-state index contributed by atoms with van der Waals surface area (Å²) in [4.78, 5) is 23.1. The third-order valence-corrected chi connectivity index (χ3v) is 3.63. The predicted molar refractivity (Wildman–Crippen MR) is 90.8 cm³/mol. The van der Waals surface area contributed by atoms with Crippen LogP contribution in [-0.4, -0.2) is 25.3 Å². The smallest absolute Gasteiger partial charge is 0.308 e. The lowest BCUT2D eigenvalue weighted by Gasteiger charge is -2.18. The first-order valence-electron chi connectivity index (χ1n) is 8.02. The van der Waals surface area contributed by atoms with Gasteiger partial charge in [0.1, 0.15) is 5.75 Å². The van der Waals surface area contributed by atoms with Crippen LogP contribution in [0.3, 0.4) is 0 Å². The van der Waals surface area contributed by atoms with Crippen molar-refractivity contribution < 1.29 is 23.8 Å². The lowest BCUT2D eigenvalue weighted by Crippen LogP contribution is -2.26. The lowest BCUT2D eigenvalue weighted by molar-refractivity contribution is -0.187. The molecule has 0 heterocycles. The van der Waals surface area contributed by atoms with Gasteiger partial charge in [0, 0.05) is 24.6 Å². The topological polar surface area (TPSA) is 61.8 Å². The number of hydrogen-bond acceptors (Lipinski definition) is 5. The van der Waals surface area contributed by atoms with Crippen LogP contribution in [0, 0.1) is 0 Å². The molecule has 0 aliphatic carbocycles. The number of benzene rings is 2. The number of esters is 2. The van der Waals surface area contributed by atoms with Gasteiger partial charge in [-0.1, -0.05) is 44.2 Å². The second-order valence-electron chi connectivity index (χ2n) is 5.34. The molecule has 0 amide bonds. The predicted octanol–water partition coefficient (Wildman–Crippen LogP) is 3.62. The molecule has 0 unspecified atom stereocenters. The molecule has 0 N–H and O–H groups in total. The van der Waals surface area contributed by atoms with E-state index in [4.69, 9.17) is 14.2 Å². The van der Waals surface area contributed by atoms with E-state index in [-0.39, 0.29) is 12.8 Å². The zero-order valence-corrected chi connectivity index (χ0v) is 14.2. The minimum atomic E-state index is -0.909. The number of methoxy groups -OCH3 is 1. The van der Waals surface area contributed by atoms with E-state index in [9.17, 15) is 9.59 Å². The van der Waals surface area contributed by atoms with Crippen molar-refractivity contribution in [2.24, 2.45) is 0 Å². The molecule has 5 heteroatoms. The number of fused-ring (bicyclic) bond motifs is 1. The Balaban J connectivity index is 2.22. The van der Waals surface area contributed by atoms with E-state index >= 15 is 0 Å². The Kier molecular flexibility index (Phi) is 6.18. The van der Waals surface area contributed by atoms with Crippen LogP contribution in [-0.2, 0) is 25.5 Å². The fourth-order valence-electron chi connectivity index (χ4n) is 2.37. The molecule has 0 aromatic heterocycles. The van der Waals surface area contributed by atoms with Crippen molar-refractivity contribution in [2.75, 3.05) is 7.11 Å². The number of ether oxygens (including phenoxy) is 3. The molecule has 0 saturated carbocycles. The maximum absolute atomic E-state index is 11.5. The summed E-state index contributed by atoms with van der Waals surface area (Å²) >= 11 is 0. The Morgan fingerprint density at radius 1 is 1.00 bits per heavy atom. The fraction of sp³-hybridized carbons (Fsp3) is 0.368. The summed E-state index contributed by atoms with van der Waals surface area (Å²) in [6.07, 6.45) is -0.137. The molecule has 0 bridgehead atoms. The van der Waals surface area contributed by atoms with Gasteiger partial charge < -0.3 is 14.2 Å². The second kappa shape index (κ2) is 8.34. The van der Waals surface area contributed by atoms with Gasteiger partial charge in [-0.3, -0.25) is 9.59 Å². The maximum atomic E-state index is 11.5. The van der Waals surface area contributed by atoms with Crippen LogP contribution >= 0.6 is 0 Å². The minimum absolute atomic E-state index is 0.231. The largest absolute Gasteiger partial charge is 0.496 e. The molecule has 128 valence electrons. The van der Waals surface area contributed by atoms with Crippen molar-refractivity contribution in [1.82, 2.24) is 0 Å². The van der Waals surface area contributed by atoms with E-state index in [0.29, 0.717) is 6.42 Å². The van der Waals surface area contributed by atoms with Crippen LogP contribution < -0.4 is 4.74 Å². The molecule has 2 aromatic rings. The molecule has 0 aliphatic heterocycles. The Bertz CT molecular complexity index is 705. The monoisotopic (exact) mass is 330 g/mol. The number of carbonyl (C=O) groups excluding carboxylic acids is 2. The number of rotatable bonds is 7. The Morgan fingerprint density at radius 2 is 1.67 bits per heavy atom. The summed E-state index contributed by atoms with van der Waals surface area (Å²) in [7, 11) is 1.63. The summed E-state index contributed by atoms with van der Waals surface area (Å²) in [6.45, 7) is 3.40. The van der Waals surface area contributed by atoms with Crippen LogP contribution in [0.5, 0.6) is 5.75 Å². The zero-order chi connectivity index (χ0) is 17.5. The third-order valence-electron chi connectivity index (χ3n) is 3.63. The molecule has 0 spiro atoms. The Morgan fingerprint density at radius 3 is 2.25 bits per heavy atom. The van der Waals surface area contributed by atoms with Crippen LogP contribution in [0.4, 0.5) is 0 Å². The summed E-state index contributed by atoms with van der Waals surface area (Å²) in [5.74, 6) is 0.00291. The average Bonchev–Trinajstić information content (AvgIpc) is 2.60. The van der Waals surface area contributed by atoms with Gasteiger partial charge >= 0.3 is 11.9 Å². The first kappa shape index (κ1) is 17.8. The van der Waals surface area contributed by atoms with Crippen molar-refractivity contribution in [1.29, 1.82) is 0 Å².